The standard InChI is InChI=1S/C12H18N4O/c1-8(2)17-6-5-14-12-11(7-13)9(3)10(4)15-16-12/h8H,5-6H2,1-4H3,(H,14,16). The van der Waals surface area contributed by atoms with E-state index in [0.29, 0.717) is 24.5 Å². The fourth-order valence-electron chi connectivity index (χ4n) is 1.33. The van der Waals surface area contributed by atoms with Gasteiger partial charge in [-0.2, -0.15) is 10.4 Å². The van der Waals surface area contributed by atoms with Crippen LogP contribution in [0.2, 0.25) is 0 Å². The molecule has 0 aliphatic rings. The van der Waals surface area contributed by atoms with E-state index >= 15 is 0 Å². The van der Waals surface area contributed by atoms with Crippen molar-refractivity contribution in [2.75, 3.05) is 18.5 Å². The topological polar surface area (TPSA) is 70.8 Å². The van der Waals surface area contributed by atoms with Crippen molar-refractivity contribution in [3.05, 3.63) is 16.8 Å². The number of aromatic nitrogens is 2. The lowest BCUT2D eigenvalue weighted by molar-refractivity contribution is 0.0870. The first-order valence-electron chi connectivity index (χ1n) is 5.65. The van der Waals surface area contributed by atoms with Crippen LogP contribution in [0.3, 0.4) is 0 Å². The summed E-state index contributed by atoms with van der Waals surface area (Å²) < 4.78 is 5.40. The average molecular weight is 234 g/mol. The summed E-state index contributed by atoms with van der Waals surface area (Å²) >= 11 is 0. The van der Waals surface area contributed by atoms with Crippen LogP contribution in [0.25, 0.3) is 0 Å². The van der Waals surface area contributed by atoms with Crippen LogP contribution in [0, 0.1) is 25.2 Å². The molecule has 0 spiro atoms. The number of nitrogens with one attached hydrogen (secondary N) is 1. The maximum Gasteiger partial charge on any atom is 0.167 e. The molecular formula is C12H18N4O. The minimum atomic E-state index is 0.207. The van der Waals surface area contributed by atoms with Crippen molar-refractivity contribution < 1.29 is 4.74 Å². The van der Waals surface area contributed by atoms with E-state index in [-0.39, 0.29) is 6.10 Å². The van der Waals surface area contributed by atoms with Crippen molar-refractivity contribution in [1.29, 1.82) is 5.26 Å². The summed E-state index contributed by atoms with van der Waals surface area (Å²) in [4.78, 5) is 0. The lowest BCUT2D eigenvalue weighted by Crippen LogP contribution is -2.15. The summed E-state index contributed by atoms with van der Waals surface area (Å²) in [5.41, 5.74) is 2.21. The molecule has 5 heteroatoms. The molecule has 0 fully saturated rings. The minimum absolute atomic E-state index is 0.207. The van der Waals surface area contributed by atoms with Crippen LogP contribution in [0.5, 0.6) is 0 Å². The van der Waals surface area contributed by atoms with Crippen LogP contribution in [0.15, 0.2) is 0 Å². The summed E-state index contributed by atoms with van der Waals surface area (Å²) in [5.74, 6) is 0.531. The lowest BCUT2D eigenvalue weighted by atomic mass is 10.1. The number of ether oxygens (including phenoxy) is 1. The maximum absolute atomic E-state index is 9.08. The van der Waals surface area contributed by atoms with Gasteiger partial charge in [0.25, 0.3) is 0 Å². The molecule has 0 saturated carbocycles. The minimum Gasteiger partial charge on any atom is -0.377 e. The molecule has 0 amide bonds. The van der Waals surface area contributed by atoms with E-state index in [1.54, 1.807) is 0 Å². The van der Waals surface area contributed by atoms with Gasteiger partial charge in [0.2, 0.25) is 0 Å². The molecule has 17 heavy (non-hydrogen) atoms. The van der Waals surface area contributed by atoms with Crippen molar-refractivity contribution in [1.82, 2.24) is 10.2 Å². The van der Waals surface area contributed by atoms with Crippen molar-refractivity contribution in [2.45, 2.75) is 33.8 Å². The highest BCUT2D eigenvalue weighted by molar-refractivity contribution is 5.55. The van der Waals surface area contributed by atoms with Crippen LogP contribution in [0.1, 0.15) is 30.7 Å². The summed E-state index contributed by atoms with van der Waals surface area (Å²) in [6, 6.07) is 2.15. The summed E-state index contributed by atoms with van der Waals surface area (Å²) in [6.45, 7) is 8.88. The van der Waals surface area contributed by atoms with Crippen LogP contribution < -0.4 is 5.32 Å². The molecule has 1 aromatic heterocycles. The van der Waals surface area contributed by atoms with Crippen molar-refractivity contribution >= 4 is 5.82 Å². The quantitative estimate of drug-likeness (QED) is 0.787. The van der Waals surface area contributed by atoms with E-state index in [9.17, 15) is 0 Å². The highest BCUT2D eigenvalue weighted by atomic mass is 16.5. The first-order valence-corrected chi connectivity index (χ1v) is 5.65. The van der Waals surface area contributed by atoms with Gasteiger partial charge in [0.15, 0.2) is 5.82 Å². The number of nitriles is 1. The van der Waals surface area contributed by atoms with E-state index in [1.807, 2.05) is 27.7 Å². The van der Waals surface area contributed by atoms with Crippen LogP contribution in [-0.4, -0.2) is 29.5 Å². The highest BCUT2D eigenvalue weighted by Crippen LogP contribution is 2.16. The molecule has 0 unspecified atom stereocenters. The van der Waals surface area contributed by atoms with E-state index in [4.69, 9.17) is 10.00 Å². The SMILES string of the molecule is Cc1nnc(NCCOC(C)C)c(C#N)c1C. The molecule has 0 aliphatic heterocycles. The third kappa shape index (κ3) is 3.68. The zero-order chi connectivity index (χ0) is 12.8. The molecule has 0 aromatic carbocycles. The Bertz CT molecular complexity index is 423. The van der Waals surface area contributed by atoms with E-state index in [2.05, 4.69) is 21.6 Å². The number of aryl methyl sites for hydroxylation is 1. The fraction of sp³-hybridized carbons (Fsp3) is 0.583. The second kappa shape index (κ2) is 6.16. The zero-order valence-corrected chi connectivity index (χ0v) is 10.7. The fourth-order valence-corrected chi connectivity index (χ4v) is 1.33. The number of nitrogens with zero attached hydrogens (tertiary/aromatic N) is 3. The van der Waals surface area contributed by atoms with Crippen molar-refractivity contribution in [3.63, 3.8) is 0 Å². The number of rotatable bonds is 5. The third-order valence-corrected chi connectivity index (χ3v) is 2.41. The zero-order valence-electron chi connectivity index (χ0n) is 10.7. The monoisotopic (exact) mass is 234 g/mol. The van der Waals surface area contributed by atoms with Crippen LogP contribution in [-0.2, 0) is 4.74 Å². The van der Waals surface area contributed by atoms with Gasteiger partial charge < -0.3 is 10.1 Å². The second-order valence-corrected chi connectivity index (χ2v) is 4.09. The number of hydrogen-bond acceptors (Lipinski definition) is 5. The molecule has 1 N–H and O–H groups in total. The average Bonchev–Trinajstić information content (AvgIpc) is 2.29. The maximum atomic E-state index is 9.08. The number of hydrogen-bond donors (Lipinski definition) is 1. The second-order valence-electron chi connectivity index (χ2n) is 4.09. The Kier molecular flexibility index (Phi) is 4.85. The molecule has 1 rings (SSSR count). The van der Waals surface area contributed by atoms with Gasteiger partial charge in [-0.05, 0) is 33.3 Å². The van der Waals surface area contributed by atoms with E-state index in [1.165, 1.54) is 0 Å². The summed E-state index contributed by atoms with van der Waals surface area (Å²) in [6.07, 6.45) is 0.207. The smallest absolute Gasteiger partial charge is 0.167 e. The summed E-state index contributed by atoms with van der Waals surface area (Å²) in [7, 11) is 0. The van der Waals surface area contributed by atoms with Gasteiger partial charge in [0.1, 0.15) is 11.6 Å². The third-order valence-electron chi connectivity index (χ3n) is 2.41. The van der Waals surface area contributed by atoms with Crippen molar-refractivity contribution in [2.24, 2.45) is 0 Å². The Morgan fingerprint density at radius 3 is 2.65 bits per heavy atom. The van der Waals surface area contributed by atoms with Gasteiger partial charge >= 0.3 is 0 Å². The van der Waals surface area contributed by atoms with Gasteiger partial charge in [0, 0.05) is 6.54 Å². The predicted octanol–water partition coefficient (Wildman–Crippen LogP) is 1.80. The highest BCUT2D eigenvalue weighted by Gasteiger charge is 2.09. The molecule has 1 aromatic rings. The Hall–Kier alpha value is -1.67. The van der Waals surface area contributed by atoms with Crippen LogP contribution in [0.4, 0.5) is 5.82 Å². The molecule has 1 heterocycles. The molecule has 92 valence electrons. The molecule has 0 saturated heterocycles. The van der Waals surface area contributed by atoms with Gasteiger partial charge in [-0.15, -0.1) is 5.10 Å². The van der Waals surface area contributed by atoms with Gasteiger partial charge in [-0.25, -0.2) is 0 Å². The van der Waals surface area contributed by atoms with Crippen LogP contribution >= 0.6 is 0 Å². The largest absolute Gasteiger partial charge is 0.377 e. The molecule has 0 atom stereocenters. The normalized spacial score (nSPS) is 10.4. The predicted molar refractivity (Wildman–Crippen MR) is 65.8 cm³/mol. The van der Waals surface area contributed by atoms with E-state index in [0.717, 1.165) is 11.3 Å². The van der Waals surface area contributed by atoms with Crippen molar-refractivity contribution in [3.8, 4) is 6.07 Å². The summed E-state index contributed by atoms with van der Waals surface area (Å²) in [5, 5.41) is 20.1. The Balaban J connectivity index is 2.66. The van der Waals surface area contributed by atoms with Gasteiger partial charge in [-0.1, -0.05) is 0 Å². The van der Waals surface area contributed by atoms with Gasteiger partial charge in [0.05, 0.1) is 18.4 Å². The molecular weight excluding hydrogens is 216 g/mol. The number of anilines is 1. The Morgan fingerprint density at radius 1 is 1.35 bits per heavy atom. The molecule has 0 radical (unpaired) electrons. The molecule has 5 nitrogen and oxygen atoms in total. The first-order chi connectivity index (χ1) is 8.06. The lowest BCUT2D eigenvalue weighted by Gasteiger charge is -2.11. The Morgan fingerprint density at radius 2 is 2.06 bits per heavy atom. The first kappa shape index (κ1) is 13.4. The van der Waals surface area contributed by atoms with E-state index < -0.39 is 0 Å². The Labute approximate surface area is 102 Å². The molecule has 0 aliphatic carbocycles. The van der Waals surface area contributed by atoms with Gasteiger partial charge in [-0.3, -0.25) is 0 Å². The molecule has 0 bridgehead atoms.